The van der Waals surface area contributed by atoms with Crippen LogP contribution < -0.4 is 0 Å². The van der Waals surface area contributed by atoms with Gasteiger partial charge < -0.3 is 4.90 Å². The number of H-pyrrole nitrogens is 1. The Morgan fingerprint density at radius 2 is 1.97 bits per heavy atom. The van der Waals surface area contributed by atoms with E-state index in [2.05, 4.69) is 25.3 Å². The Labute approximate surface area is 230 Å². The van der Waals surface area contributed by atoms with Crippen molar-refractivity contribution < 1.29 is 18.0 Å². The van der Waals surface area contributed by atoms with Gasteiger partial charge in [0.1, 0.15) is 12.7 Å². The highest BCUT2D eigenvalue weighted by Crippen LogP contribution is 2.41. The minimum atomic E-state index is -4.60. The summed E-state index contributed by atoms with van der Waals surface area (Å²) in [5.41, 5.74) is 1.07. The number of benzene rings is 2. The molecule has 0 radical (unpaired) electrons. The molecule has 1 fully saturated rings. The van der Waals surface area contributed by atoms with E-state index in [1.807, 2.05) is 15.6 Å². The number of halogens is 4. The normalized spacial score (nSPS) is 18.2. The molecule has 200 valence electrons. The highest BCUT2D eigenvalue weighted by Gasteiger charge is 2.36. The van der Waals surface area contributed by atoms with Crippen molar-refractivity contribution in [3.63, 3.8) is 0 Å². The molecule has 0 aliphatic carbocycles. The van der Waals surface area contributed by atoms with Crippen LogP contribution in [0.25, 0.3) is 16.5 Å². The predicted molar refractivity (Wildman–Crippen MR) is 143 cm³/mol. The lowest BCUT2D eigenvalue weighted by Gasteiger charge is -2.32. The molecule has 6 rings (SSSR count). The number of aromatic amines is 1. The highest BCUT2D eigenvalue weighted by atomic mass is 35.5. The van der Waals surface area contributed by atoms with E-state index in [0.29, 0.717) is 34.3 Å². The molecule has 13 heteroatoms. The first kappa shape index (κ1) is 25.6. The first-order valence-corrected chi connectivity index (χ1v) is 13.4. The van der Waals surface area contributed by atoms with Gasteiger partial charge in [0, 0.05) is 23.5 Å². The summed E-state index contributed by atoms with van der Waals surface area (Å²) in [4.78, 5) is 23.9. The number of likely N-dealkylation sites (tertiary alicyclic amines) is 1. The highest BCUT2D eigenvalue weighted by molar-refractivity contribution is 8.18. The lowest BCUT2D eigenvalue weighted by atomic mass is 9.93. The number of fused-ring (bicyclic) bond motifs is 1. The van der Waals surface area contributed by atoms with E-state index in [4.69, 9.17) is 11.6 Å². The smallest absolute Gasteiger partial charge is 0.351 e. The van der Waals surface area contributed by atoms with Crippen LogP contribution in [-0.4, -0.2) is 54.0 Å². The Bertz CT molecular complexity index is 1610. The average Bonchev–Trinajstić information content (AvgIpc) is 3.68. The monoisotopic (exact) mass is 571 g/mol. The van der Waals surface area contributed by atoms with Gasteiger partial charge in [-0.2, -0.15) is 28.4 Å². The largest absolute Gasteiger partial charge is 0.416 e. The van der Waals surface area contributed by atoms with E-state index < -0.39 is 17.6 Å². The third-order valence-electron chi connectivity index (χ3n) is 6.94. The Morgan fingerprint density at radius 3 is 2.72 bits per heavy atom. The van der Waals surface area contributed by atoms with Crippen molar-refractivity contribution in [2.75, 3.05) is 13.1 Å². The van der Waals surface area contributed by atoms with Crippen molar-refractivity contribution in [3.8, 4) is 0 Å². The number of nitrogens with one attached hydrogen (secondary N) is 1. The molecule has 4 heterocycles. The number of hydrogen-bond donors (Lipinski definition) is 1. The molecule has 0 spiro atoms. The number of rotatable bonds is 4. The second kappa shape index (κ2) is 10.2. The first-order chi connectivity index (χ1) is 18.8. The summed E-state index contributed by atoms with van der Waals surface area (Å²) in [5, 5.41) is 12.5. The van der Waals surface area contributed by atoms with Crippen LogP contribution in [0.4, 0.5) is 13.2 Å². The Kier molecular flexibility index (Phi) is 6.67. The molecule has 2 aliphatic rings. The van der Waals surface area contributed by atoms with Crippen molar-refractivity contribution >= 4 is 50.9 Å². The number of aromatic nitrogens is 5. The van der Waals surface area contributed by atoms with Gasteiger partial charge in [-0.1, -0.05) is 23.7 Å². The maximum absolute atomic E-state index is 13.9. The molecule has 2 aliphatic heterocycles. The fourth-order valence-corrected chi connectivity index (χ4v) is 6.19. The third kappa shape index (κ3) is 5.18. The van der Waals surface area contributed by atoms with E-state index in [0.717, 1.165) is 29.8 Å². The number of aliphatic imine (C=N–C) groups is 1. The van der Waals surface area contributed by atoms with Gasteiger partial charge in [0.25, 0.3) is 5.91 Å². The number of nitrogens with zero attached hydrogens (tertiary/aromatic N) is 6. The zero-order chi connectivity index (χ0) is 27.1. The van der Waals surface area contributed by atoms with Crippen LogP contribution in [0.5, 0.6) is 0 Å². The van der Waals surface area contributed by atoms with Crippen LogP contribution >= 0.6 is 23.4 Å². The maximum atomic E-state index is 13.9. The summed E-state index contributed by atoms with van der Waals surface area (Å²) in [6.45, 7) is 1.34. The minimum Gasteiger partial charge on any atom is -0.351 e. The summed E-state index contributed by atoms with van der Waals surface area (Å²) in [7, 11) is 0. The van der Waals surface area contributed by atoms with E-state index in [-0.39, 0.29) is 23.0 Å². The third-order valence-corrected chi connectivity index (χ3v) is 8.33. The molecule has 2 aromatic carbocycles. The van der Waals surface area contributed by atoms with Crippen LogP contribution in [0.1, 0.15) is 35.6 Å². The number of amides is 1. The Morgan fingerprint density at radius 1 is 1.15 bits per heavy atom. The van der Waals surface area contributed by atoms with Crippen molar-refractivity contribution in [2.24, 2.45) is 4.99 Å². The molecular weight excluding hydrogens is 551 g/mol. The standard InChI is InChI=1S/C26H21ClF3N7OS/c27-18-3-1-16(21(11-18)26(28,29)30)10-20(15-2-4-22-17(9-15)12-32-35-22)23-24(38)34-25(39-23)36-7-5-19(6-8-36)37-14-31-13-33-37/h1-4,9,11-14,19H,5-8,10H2,(H,32,35). The number of allylic oxidation sites excluding steroid dienone is 1. The van der Waals surface area contributed by atoms with Crippen LogP contribution in [0.3, 0.4) is 0 Å². The van der Waals surface area contributed by atoms with Gasteiger partial charge in [-0.05, 0) is 72.0 Å². The molecule has 2 aromatic heterocycles. The van der Waals surface area contributed by atoms with Crippen LogP contribution in [-0.2, 0) is 17.4 Å². The molecule has 0 bridgehead atoms. The second-order valence-electron chi connectivity index (χ2n) is 9.35. The number of hydrogen-bond acceptors (Lipinski definition) is 6. The quantitative estimate of drug-likeness (QED) is 0.314. The summed E-state index contributed by atoms with van der Waals surface area (Å²) < 4.78 is 43.7. The predicted octanol–water partition coefficient (Wildman–Crippen LogP) is 5.75. The number of amidine groups is 1. The molecule has 0 unspecified atom stereocenters. The van der Waals surface area contributed by atoms with Crippen molar-refractivity contribution in [1.29, 1.82) is 0 Å². The SMILES string of the molecule is O=C1N=C(N2CCC(n3cncn3)CC2)SC1=C(Cc1ccc(Cl)cc1C(F)(F)F)c1ccc2[nH]ncc2c1. The molecule has 8 nitrogen and oxygen atoms in total. The van der Waals surface area contributed by atoms with Crippen molar-refractivity contribution in [3.05, 3.63) is 81.9 Å². The van der Waals surface area contributed by atoms with Crippen molar-refractivity contribution in [2.45, 2.75) is 31.5 Å². The van der Waals surface area contributed by atoms with Crippen LogP contribution in [0, 0.1) is 0 Å². The van der Waals surface area contributed by atoms with E-state index in [9.17, 15) is 18.0 Å². The van der Waals surface area contributed by atoms with Gasteiger partial charge in [0.05, 0.1) is 28.2 Å². The lowest BCUT2D eigenvalue weighted by molar-refractivity contribution is -0.138. The molecule has 1 saturated heterocycles. The zero-order valence-electron chi connectivity index (χ0n) is 20.3. The Balaban J connectivity index is 1.34. The van der Waals surface area contributed by atoms with E-state index >= 15 is 0 Å². The number of piperidine rings is 1. The molecule has 1 amide bonds. The van der Waals surface area contributed by atoms with Crippen molar-refractivity contribution in [1.82, 2.24) is 29.9 Å². The topological polar surface area (TPSA) is 92.1 Å². The second-order valence-corrected chi connectivity index (χ2v) is 10.8. The Hall–Kier alpha value is -3.64. The summed E-state index contributed by atoms with van der Waals surface area (Å²) in [6.07, 6.45) is 1.72. The number of alkyl halides is 3. The molecule has 1 N–H and O–H groups in total. The number of thioether (sulfide) groups is 1. The van der Waals surface area contributed by atoms with E-state index in [1.165, 1.54) is 30.2 Å². The van der Waals surface area contributed by atoms with Gasteiger partial charge in [0.15, 0.2) is 5.17 Å². The maximum Gasteiger partial charge on any atom is 0.416 e. The van der Waals surface area contributed by atoms with Gasteiger partial charge in [-0.3, -0.25) is 9.89 Å². The average molecular weight is 572 g/mol. The minimum absolute atomic E-state index is 0.00803. The summed E-state index contributed by atoms with van der Waals surface area (Å²) >= 11 is 7.12. The fourth-order valence-electron chi connectivity index (χ4n) is 4.95. The molecule has 0 atom stereocenters. The van der Waals surface area contributed by atoms with E-state index in [1.54, 1.807) is 24.7 Å². The number of carbonyl (C=O) groups excluding carboxylic acids is 1. The molecule has 4 aromatic rings. The molecule has 0 saturated carbocycles. The van der Waals surface area contributed by atoms with Gasteiger partial charge in [-0.25, -0.2) is 9.67 Å². The van der Waals surface area contributed by atoms with Gasteiger partial charge >= 0.3 is 6.18 Å². The lowest BCUT2D eigenvalue weighted by Crippen LogP contribution is -2.37. The van der Waals surface area contributed by atoms with Crippen LogP contribution in [0.2, 0.25) is 5.02 Å². The zero-order valence-corrected chi connectivity index (χ0v) is 21.9. The summed E-state index contributed by atoms with van der Waals surface area (Å²) in [6, 6.07) is 9.32. The van der Waals surface area contributed by atoms with Crippen LogP contribution in [0.15, 0.2) is 65.1 Å². The fraction of sp³-hybridized carbons (Fsp3) is 0.269. The molecular formula is C26H21ClF3N7OS. The first-order valence-electron chi connectivity index (χ1n) is 12.2. The van der Waals surface area contributed by atoms with Gasteiger partial charge in [-0.15, -0.1) is 0 Å². The molecule has 39 heavy (non-hydrogen) atoms. The van der Waals surface area contributed by atoms with Gasteiger partial charge in [0.2, 0.25) is 0 Å². The summed E-state index contributed by atoms with van der Waals surface area (Å²) in [5.74, 6) is -0.460. The number of carbonyl (C=O) groups is 1.